The lowest BCUT2D eigenvalue weighted by atomic mass is 10.1. The van der Waals surface area contributed by atoms with E-state index in [2.05, 4.69) is 50.0 Å². The molecule has 3 rings (SSSR count). The molecule has 28 heavy (non-hydrogen) atoms. The average Bonchev–Trinajstić information content (AvgIpc) is 3.26. The lowest BCUT2D eigenvalue weighted by Gasteiger charge is -2.12. The second kappa shape index (κ2) is 11.3. The van der Waals surface area contributed by atoms with E-state index in [4.69, 9.17) is 4.74 Å². The molecule has 0 radical (unpaired) electrons. The van der Waals surface area contributed by atoms with E-state index in [0.717, 1.165) is 35.9 Å². The van der Waals surface area contributed by atoms with Gasteiger partial charge in [0.15, 0.2) is 5.96 Å². The molecule has 0 amide bonds. The Morgan fingerprint density at radius 3 is 2.36 bits per heavy atom. The van der Waals surface area contributed by atoms with Crippen molar-refractivity contribution in [2.45, 2.75) is 13.0 Å². The molecule has 0 spiro atoms. The van der Waals surface area contributed by atoms with E-state index in [0.29, 0.717) is 6.54 Å². The van der Waals surface area contributed by atoms with Crippen LogP contribution in [0.1, 0.15) is 11.1 Å². The summed E-state index contributed by atoms with van der Waals surface area (Å²) in [4.78, 5) is 8.23. The Kier molecular flexibility index (Phi) is 8.73. The van der Waals surface area contributed by atoms with Gasteiger partial charge in [-0.1, -0.05) is 24.3 Å². The molecule has 0 atom stereocenters. The minimum atomic E-state index is 0. The van der Waals surface area contributed by atoms with Crippen LogP contribution in [-0.4, -0.2) is 41.4 Å². The van der Waals surface area contributed by atoms with Crippen LogP contribution in [0.5, 0.6) is 5.75 Å². The summed E-state index contributed by atoms with van der Waals surface area (Å²) in [6, 6.07) is 16.3. The lowest BCUT2D eigenvalue weighted by Crippen LogP contribution is -2.37. The number of benzene rings is 2. The van der Waals surface area contributed by atoms with Crippen LogP contribution in [0.3, 0.4) is 0 Å². The predicted octanol–water partition coefficient (Wildman–Crippen LogP) is 2.80. The van der Waals surface area contributed by atoms with Gasteiger partial charge in [0.2, 0.25) is 0 Å². The number of hydrogen-bond acceptors (Lipinski definition) is 4. The lowest BCUT2D eigenvalue weighted by molar-refractivity contribution is 0.414. The number of nitrogens with one attached hydrogen (secondary N) is 2. The van der Waals surface area contributed by atoms with Crippen molar-refractivity contribution in [2.24, 2.45) is 4.99 Å². The topological polar surface area (TPSA) is 76.4 Å². The number of hydrogen-bond donors (Lipinski definition) is 2. The zero-order valence-electron chi connectivity index (χ0n) is 16.0. The van der Waals surface area contributed by atoms with Gasteiger partial charge in [-0.3, -0.25) is 4.99 Å². The number of rotatable bonds is 7. The summed E-state index contributed by atoms with van der Waals surface area (Å²) < 4.78 is 6.91. The van der Waals surface area contributed by atoms with Gasteiger partial charge in [0.05, 0.1) is 12.8 Å². The zero-order valence-corrected chi connectivity index (χ0v) is 18.3. The molecule has 0 saturated carbocycles. The van der Waals surface area contributed by atoms with Gasteiger partial charge >= 0.3 is 0 Å². The Balaban J connectivity index is 0.00000280. The smallest absolute Gasteiger partial charge is 0.191 e. The molecule has 0 saturated heterocycles. The summed E-state index contributed by atoms with van der Waals surface area (Å²) in [5.41, 5.74) is 3.40. The molecule has 0 fully saturated rings. The fourth-order valence-electron chi connectivity index (χ4n) is 2.63. The zero-order chi connectivity index (χ0) is 18.9. The van der Waals surface area contributed by atoms with E-state index in [1.807, 2.05) is 24.3 Å². The Morgan fingerprint density at radius 2 is 1.75 bits per heavy atom. The van der Waals surface area contributed by atoms with Gasteiger partial charge in [-0.15, -0.1) is 24.0 Å². The molecule has 0 unspecified atom stereocenters. The van der Waals surface area contributed by atoms with Gasteiger partial charge in [0.1, 0.15) is 18.4 Å². The Bertz CT molecular complexity index is 847. The van der Waals surface area contributed by atoms with Crippen LogP contribution in [0, 0.1) is 0 Å². The third-order valence-electron chi connectivity index (χ3n) is 4.17. The molecule has 2 N–H and O–H groups in total. The Morgan fingerprint density at radius 1 is 1.04 bits per heavy atom. The third kappa shape index (κ3) is 6.22. The van der Waals surface area contributed by atoms with Crippen molar-refractivity contribution >= 4 is 29.9 Å². The molecule has 2 aromatic carbocycles. The second-order valence-electron chi connectivity index (χ2n) is 5.96. The molecule has 7 nitrogen and oxygen atoms in total. The summed E-state index contributed by atoms with van der Waals surface area (Å²) >= 11 is 0. The number of aliphatic imine (C=N–C) groups is 1. The quantitative estimate of drug-likeness (QED) is 0.302. The van der Waals surface area contributed by atoms with Crippen LogP contribution in [0.4, 0.5) is 0 Å². The van der Waals surface area contributed by atoms with Gasteiger partial charge in [0, 0.05) is 20.1 Å². The van der Waals surface area contributed by atoms with Crippen molar-refractivity contribution in [1.82, 2.24) is 25.4 Å². The second-order valence-corrected chi connectivity index (χ2v) is 5.96. The molecule has 1 aromatic heterocycles. The van der Waals surface area contributed by atoms with Gasteiger partial charge in [-0.05, 0) is 41.8 Å². The summed E-state index contributed by atoms with van der Waals surface area (Å²) in [7, 11) is 3.45. The first-order chi connectivity index (χ1) is 13.3. The highest BCUT2D eigenvalue weighted by atomic mass is 127. The number of ether oxygens (including phenoxy) is 1. The summed E-state index contributed by atoms with van der Waals surface area (Å²) in [5.74, 6) is 1.66. The fraction of sp³-hybridized carbons (Fsp3) is 0.250. The monoisotopic (exact) mass is 492 g/mol. The van der Waals surface area contributed by atoms with Gasteiger partial charge in [-0.2, -0.15) is 5.10 Å². The van der Waals surface area contributed by atoms with Crippen LogP contribution in [0.15, 0.2) is 66.2 Å². The first-order valence-corrected chi connectivity index (χ1v) is 8.80. The molecule has 0 aliphatic heterocycles. The van der Waals surface area contributed by atoms with Gasteiger partial charge in [-0.25, -0.2) is 9.67 Å². The molecule has 8 heteroatoms. The van der Waals surface area contributed by atoms with E-state index in [-0.39, 0.29) is 24.0 Å². The maximum Gasteiger partial charge on any atom is 0.191 e. The highest BCUT2D eigenvalue weighted by Gasteiger charge is 2.01. The normalized spacial score (nSPS) is 10.9. The Labute approximate surface area is 182 Å². The minimum Gasteiger partial charge on any atom is -0.497 e. The van der Waals surface area contributed by atoms with E-state index >= 15 is 0 Å². The summed E-state index contributed by atoms with van der Waals surface area (Å²) in [6.45, 7) is 1.50. The van der Waals surface area contributed by atoms with Crippen molar-refractivity contribution in [2.75, 3.05) is 20.7 Å². The summed E-state index contributed by atoms with van der Waals surface area (Å²) in [6.07, 6.45) is 4.12. The summed E-state index contributed by atoms with van der Waals surface area (Å²) in [5, 5.41) is 10.8. The number of halogens is 1. The van der Waals surface area contributed by atoms with Crippen LogP contribution >= 0.6 is 24.0 Å². The molecule has 0 aliphatic carbocycles. The first kappa shape index (κ1) is 21.7. The van der Waals surface area contributed by atoms with Gasteiger partial charge < -0.3 is 15.4 Å². The van der Waals surface area contributed by atoms with Crippen molar-refractivity contribution in [3.8, 4) is 11.4 Å². The maximum atomic E-state index is 5.18. The minimum absolute atomic E-state index is 0. The number of nitrogens with zero attached hydrogens (tertiary/aromatic N) is 4. The van der Waals surface area contributed by atoms with Crippen LogP contribution in [0.25, 0.3) is 5.69 Å². The van der Waals surface area contributed by atoms with E-state index in [9.17, 15) is 0 Å². The molecule has 0 bridgehead atoms. The van der Waals surface area contributed by atoms with Crippen molar-refractivity contribution in [3.63, 3.8) is 0 Å². The van der Waals surface area contributed by atoms with Crippen molar-refractivity contribution in [1.29, 1.82) is 0 Å². The number of methoxy groups -OCH3 is 1. The standard InChI is InChI=1S/C20H24N6O.HI/c1-21-20(23-12-11-16-5-9-19(27-2)10-6-16)24-13-17-3-7-18(8-4-17)26-15-22-14-25-26;/h3-10,14-15H,11-13H2,1-2H3,(H2,21,23,24);1H. The Hall–Kier alpha value is -2.62. The number of guanidine groups is 1. The van der Waals surface area contributed by atoms with Crippen LogP contribution in [-0.2, 0) is 13.0 Å². The van der Waals surface area contributed by atoms with Gasteiger partial charge in [0.25, 0.3) is 0 Å². The largest absolute Gasteiger partial charge is 0.497 e. The van der Waals surface area contributed by atoms with Crippen LogP contribution in [0.2, 0.25) is 0 Å². The molecule has 0 aliphatic rings. The SMILES string of the molecule is CN=C(NCCc1ccc(OC)cc1)NCc1ccc(-n2cncn2)cc1.I. The van der Waals surface area contributed by atoms with Crippen molar-refractivity contribution < 1.29 is 4.74 Å². The van der Waals surface area contributed by atoms with Crippen LogP contribution < -0.4 is 15.4 Å². The molecular weight excluding hydrogens is 467 g/mol. The maximum absolute atomic E-state index is 5.18. The first-order valence-electron chi connectivity index (χ1n) is 8.80. The average molecular weight is 492 g/mol. The molecule has 148 valence electrons. The molecule has 1 heterocycles. The highest BCUT2D eigenvalue weighted by Crippen LogP contribution is 2.11. The third-order valence-corrected chi connectivity index (χ3v) is 4.17. The van der Waals surface area contributed by atoms with E-state index in [1.54, 1.807) is 25.2 Å². The fourth-order valence-corrected chi connectivity index (χ4v) is 2.63. The number of aromatic nitrogens is 3. The van der Waals surface area contributed by atoms with E-state index in [1.165, 1.54) is 11.9 Å². The van der Waals surface area contributed by atoms with E-state index < -0.39 is 0 Å². The predicted molar refractivity (Wildman–Crippen MR) is 122 cm³/mol. The molecule has 3 aromatic rings. The molecular formula is C20H25IN6O. The van der Waals surface area contributed by atoms with Crippen molar-refractivity contribution in [3.05, 3.63) is 72.3 Å². The highest BCUT2D eigenvalue weighted by molar-refractivity contribution is 14.0.